The van der Waals surface area contributed by atoms with Gasteiger partial charge in [-0.2, -0.15) is 21.0 Å². The van der Waals surface area contributed by atoms with Crippen molar-refractivity contribution in [3.8, 4) is 24.3 Å². The predicted molar refractivity (Wildman–Crippen MR) is 63.5 cm³/mol. The Bertz CT molecular complexity index is 574. The number of allylic oxidation sites excluding steroid dienone is 2. The summed E-state index contributed by atoms with van der Waals surface area (Å²) < 4.78 is 5.40. The summed E-state index contributed by atoms with van der Waals surface area (Å²) in [6, 6.07) is 7.39. The zero-order valence-corrected chi connectivity index (χ0v) is 10.5. The fourth-order valence-corrected chi connectivity index (χ4v) is 2.91. The Balaban J connectivity index is 2.74. The molecule has 5 heteroatoms. The molecule has 2 atom stereocenters. The second-order valence-corrected chi connectivity index (χ2v) is 4.80. The van der Waals surface area contributed by atoms with Crippen molar-refractivity contribution in [2.24, 2.45) is 11.8 Å². The number of ether oxygens (including phenoxy) is 1. The first-order chi connectivity index (χ1) is 9.00. The van der Waals surface area contributed by atoms with Gasteiger partial charge in [-0.25, -0.2) is 0 Å². The maximum Gasteiger partial charge on any atom is 0.250 e. The third kappa shape index (κ3) is 1.40. The lowest BCUT2D eigenvalue weighted by molar-refractivity contribution is 0.00900. The molecule has 2 rings (SSSR count). The van der Waals surface area contributed by atoms with E-state index in [1.165, 1.54) is 0 Å². The van der Waals surface area contributed by atoms with Crippen LogP contribution in [0.25, 0.3) is 0 Å². The molecule has 1 aliphatic carbocycles. The van der Waals surface area contributed by atoms with Gasteiger partial charge in [0.05, 0.1) is 0 Å². The quantitative estimate of drug-likeness (QED) is 0.651. The molecule has 0 bridgehead atoms. The number of rotatable bonds is 0. The second kappa shape index (κ2) is 3.96. The molecule has 1 heterocycles. The minimum atomic E-state index is -1.79. The van der Waals surface area contributed by atoms with E-state index in [4.69, 9.17) is 4.74 Å². The molecule has 2 unspecified atom stereocenters. The summed E-state index contributed by atoms with van der Waals surface area (Å²) in [4.78, 5) is 0. The van der Waals surface area contributed by atoms with Gasteiger partial charge < -0.3 is 4.74 Å². The molecule has 0 aromatic carbocycles. The highest BCUT2D eigenvalue weighted by Gasteiger charge is 2.66. The van der Waals surface area contributed by atoms with Gasteiger partial charge in [0.15, 0.2) is 0 Å². The van der Waals surface area contributed by atoms with E-state index in [0.29, 0.717) is 0 Å². The summed E-state index contributed by atoms with van der Waals surface area (Å²) in [6.07, 6.45) is 3.60. The van der Waals surface area contributed by atoms with Crippen LogP contribution >= 0.6 is 0 Å². The Morgan fingerprint density at radius 1 is 0.842 bits per heavy atom. The van der Waals surface area contributed by atoms with Crippen molar-refractivity contribution in [1.29, 1.82) is 21.0 Å². The number of hydrogen-bond donors (Lipinski definition) is 0. The lowest BCUT2D eigenvalue weighted by Gasteiger charge is -2.29. The molecular formula is C14H10N4O. The molecule has 19 heavy (non-hydrogen) atoms. The van der Waals surface area contributed by atoms with Crippen molar-refractivity contribution in [1.82, 2.24) is 0 Å². The predicted octanol–water partition coefficient (Wildman–Crippen LogP) is 1.73. The van der Waals surface area contributed by atoms with Crippen LogP contribution in [0.2, 0.25) is 0 Å². The van der Waals surface area contributed by atoms with E-state index in [9.17, 15) is 21.0 Å². The Hall–Kier alpha value is -2.60. The molecule has 0 aromatic rings. The van der Waals surface area contributed by atoms with Gasteiger partial charge in [0, 0.05) is 11.8 Å². The van der Waals surface area contributed by atoms with Gasteiger partial charge >= 0.3 is 0 Å². The van der Waals surface area contributed by atoms with Crippen molar-refractivity contribution in [2.75, 3.05) is 0 Å². The molecule has 5 nitrogen and oxygen atoms in total. The van der Waals surface area contributed by atoms with Crippen LogP contribution in [0.1, 0.15) is 13.8 Å². The SMILES string of the molecule is CC1=CC=C(C)C2C1C(C#N)(C#N)OC2(C#N)C#N. The fraction of sp³-hybridized carbons (Fsp3) is 0.429. The van der Waals surface area contributed by atoms with Gasteiger partial charge in [-0.05, 0) is 13.8 Å². The summed E-state index contributed by atoms with van der Waals surface area (Å²) in [6.45, 7) is 3.55. The Labute approximate surface area is 111 Å². The second-order valence-electron chi connectivity index (χ2n) is 4.80. The summed E-state index contributed by atoms with van der Waals surface area (Å²) in [5, 5.41) is 37.3. The maximum atomic E-state index is 9.32. The van der Waals surface area contributed by atoms with Crippen LogP contribution in [0.3, 0.4) is 0 Å². The third-order valence-corrected chi connectivity index (χ3v) is 3.79. The van der Waals surface area contributed by atoms with Crippen molar-refractivity contribution in [2.45, 2.75) is 25.0 Å². The largest absolute Gasteiger partial charge is 0.311 e. The molecule has 0 radical (unpaired) electrons. The van der Waals surface area contributed by atoms with Crippen LogP contribution in [0.4, 0.5) is 0 Å². The van der Waals surface area contributed by atoms with E-state index in [1.54, 1.807) is 26.0 Å². The summed E-state index contributed by atoms with van der Waals surface area (Å²) in [5.41, 5.74) is -2.03. The smallest absolute Gasteiger partial charge is 0.250 e. The average Bonchev–Trinajstić information content (AvgIpc) is 2.76. The third-order valence-electron chi connectivity index (χ3n) is 3.79. The molecule has 1 saturated heterocycles. The number of hydrogen-bond acceptors (Lipinski definition) is 5. The van der Waals surface area contributed by atoms with Crippen molar-refractivity contribution < 1.29 is 4.74 Å². The van der Waals surface area contributed by atoms with E-state index in [1.807, 2.05) is 24.3 Å². The van der Waals surface area contributed by atoms with Crippen LogP contribution in [-0.4, -0.2) is 11.2 Å². The minimum absolute atomic E-state index is 0.591. The monoisotopic (exact) mass is 250 g/mol. The average molecular weight is 250 g/mol. The van der Waals surface area contributed by atoms with Crippen molar-refractivity contribution in [3.63, 3.8) is 0 Å². The lowest BCUT2D eigenvalue weighted by atomic mass is 9.67. The highest BCUT2D eigenvalue weighted by molar-refractivity contribution is 5.47. The Kier molecular flexibility index (Phi) is 2.68. The van der Waals surface area contributed by atoms with E-state index in [-0.39, 0.29) is 0 Å². The Morgan fingerprint density at radius 2 is 1.16 bits per heavy atom. The van der Waals surface area contributed by atoms with Crippen molar-refractivity contribution in [3.05, 3.63) is 23.3 Å². The molecule has 1 aliphatic heterocycles. The number of nitriles is 4. The van der Waals surface area contributed by atoms with E-state index < -0.39 is 23.0 Å². The lowest BCUT2D eigenvalue weighted by Crippen LogP contribution is -2.36. The van der Waals surface area contributed by atoms with E-state index in [2.05, 4.69) is 0 Å². The zero-order valence-electron chi connectivity index (χ0n) is 10.5. The van der Waals surface area contributed by atoms with Crippen LogP contribution in [0, 0.1) is 57.2 Å². The number of nitrogens with zero attached hydrogens (tertiary/aromatic N) is 4. The van der Waals surface area contributed by atoms with Gasteiger partial charge in [-0.1, -0.05) is 23.3 Å². The van der Waals surface area contributed by atoms with Crippen LogP contribution in [0.5, 0.6) is 0 Å². The van der Waals surface area contributed by atoms with Gasteiger partial charge in [0.2, 0.25) is 0 Å². The minimum Gasteiger partial charge on any atom is -0.311 e. The van der Waals surface area contributed by atoms with E-state index in [0.717, 1.165) is 11.1 Å². The fourth-order valence-electron chi connectivity index (χ4n) is 2.91. The van der Waals surface area contributed by atoms with Gasteiger partial charge in [0.1, 0.15) is 24.3 Å². The van der Waals surface area contributed by atoms with Crippen molar-refractivity contribution >= 4 is 0 Å². The molecular weight excluding hydrogens is 240 g/mol. The summed E-state index contributed by atoms with van der Waals surface area (Å²) >= 11 is 0. The molecule has 1 fully saturated rings. The summed E-state index contributed by atoms with van der Waals surface area (Å²) in [5.74, 6) is -1.18. The summed E-state index contributed by atoms with van der Waals surface area (Å²) in [7, 11) is 0. The molecule has 92 valence electrons. The molecule has 0 N–H and O–H groups in total. The Morgan fingerprint density at radius 3 is 1.42 bits per heavy atom. The topological polar surface area (TPSA) is 104 Å². The molecule has 0 spiro atoms. The normalized spacial score (nSPS) is 29.6. The van der Waals surface area contributed by atoms with Crippen LogP contribution in [-0.2, 0) is 4.74 Å². The standard InChI is InChI=1S/C14H10N4O/c1-9-3-4-10(2)12-11(9)13(5-15,6-16)19-14(12,7-17)8-18/h3-4,11-12H,1-2H3. The molecule has 0 amide bonds. The van der Waals surface area contributed by atoms with Gasteiger partial charge in [-0.15, -0.1) is 0 Å². The maximum absolute atomic E-state index is 9.32. The highest BCUT2D eigenvalue weighted by Crippen LogP contribution is 2.53. The van der Waals surface area contributed by atoms with Gasteiger partial charge in [-0.3, -0.25) is 0 Å². The molecule has 2 aliphatic rings. The van der Waals surface area contributed by atoms with Gasteiger partial charge in [0.25, 0.3) is 11.2 Å². The molecule has 0 aromatic heterocycles. The highest BCUT2D eigenvalue weighted by atomic mass is 16.5. The first-order valence-electron chi connectivity index (χ1n) is 5.70. The van der Waals surface area contributed by atoms with Crippen LogP contribution in [0.15, 0.2) is 23.3 Å². The molecule has 0 saturated carbocycles. The first kappa shape index (κ1) is 12.8. The van der Waals surface area contributed by atoms with Crippen LogP contribution < -0.4 is 0 Å². The van der Waals surface area contributed by atoms with E-state index >= 15 is 0 Å². The first-order valence-corrected chi connectivity index (χ1v) is 5.70. The number of fused-ring (bicyclic) bond motifs is 1. The zero-order chi connectivity index (χ0) is 14.3.